The first kappa shape index (κ1) is 22.2. The largest absolute Gasteiger partial charge is 0.466 e. The summed E-state index contributed by atoms with van der Waals surface area (Å²) >= 11 is 0. The maximum atomic E-state index is 12.9. The van der Waals surface area contributed by atoms with Gasteiger partial charge in [0.1, 0.15) is 0 Å². The molecule has 0 bridgehead atoms. The van der Waals surface area contributed by atoms with Crippen molar-refractivity contribution >= 4 is 14.0 Å². The van der Waals surface area contributed by atoms with Crippen LogP contribution >= 0.6 is 0 Å². The zero-order chi connectivity index (χ0) is 18.1. The van der Waals surface area contributed by atoms with Crippen LogP contribution in [0.4, 0.5) is 0 Å². The SMILES string of the molecule is C=CCC(C)(C(=O)OCC)C(CCC(=C)C)[Si](CC)(CC)CC. The number of carbonyl (C=O) groups is 1. The minimum Gasteiger partial charge on any atom is -0.466 e. The Bertz CT molecular complexity index is 390. The van der Waals surface area contributed by atoms with Crippen LogP contribution < -0.4 is 0 Å². The molecule has 0 radical (unpaired) electrons. The zero-order valence-corrected chi connectivity index (χ0v) is 17.3. The molecule has 134 valence electrons. The topological polar surface area (TPSA) is 26.3 Å². The van der Waals surface area contributed by atoms with Crippen molar-refractivity contribution in [2.24, 2.45) is 5.41 Å². The molecule has 23 heavy (non-hydrogen) atoms. The molecule has 0 amide bonds. The molecule has 0 aliphatic rings. The summed E-state index contributed by atoms with van der Waals surface area (Å²) in [6.07, 6.45) is 4.62. The average Bonchev–Trinajstić information content (AvgIpc) is 2.52. The molecule has 0 aliphatic carbocycles. The number of ether oxygens (including phenoxy) is 1. The number of esters is 1. The lowest BCUT2D eigenvalue weighted by atomic mass is 9.80. The highest BCUT2D eigenvalue weighted by atomic mass is 28.3. The third kappa shape index (κ3) is 5.34. The van der Waals surface area contributed by atoms with E-state index in [9.17, 15) is 4.79 Å². The van der Waals surface area contributed by atoms with E-state index in [1.165, 1.54) is 23.7 Å². The lowest BCUT2D eigenvalue weighted by Gasteiger charge is -2.46. The van der Waals surface area contributed by atoms with Crippen molar-refractivity contribution in [1.29, 1.82) is 0 Å². The van der Waals surface area contributed by atoms with E-state index in [0.717, 1.165) is 12.8 Å². The van der Waals surface area contributed by atoms with E-state index in [2.05, 4.69) is 47.8 Å². The fourth-order valence-corrected chi connectivity index (χ4v) is 9.47. The number of rotatable bonds is 12. The molecule has 0 saturated carbocycles. The third-order valence-electron chi connectivity index (χ3n) is 5.79. The maximum absolute atomic E-state index is 12.9. The Balaban J connectivity index is 5.95. The van der Waals surface area contributed by atoms with E-state index in [-0.39, 0.29) is 5.97 Å². The molecule has 0 aliphatic heterocycles. The summed E-state index contributed by atoms with van der Waals surface area (Å²) in [7, 11) is -1.57. The van der Waals surface area contributed by atoms with Crippen LogP contribution in [0.15, 0.2) is 24.8 Å². The molecule has 0 aromatic heterocycles. The average molecular weight is 339 g/mol. The van der Waals surface area contributed by atoms with Crippen molar-refractivity contribution in [3.05, 3.63) is 24.8 Å². The van der Waals surface area contributed by atoms with Crippen molar-refractivity contribution in [3.8, 4) is 0 Å². The number of allylic oxidation sites excluding steroid dienone is 2. The molecule has 0 heterocycles. The summed E-state index contributed by atoms with van der Waals surface area (Å²) < 4.78 is 5.49. The van der Waals surface area contributed by atoms with E-state index in [4.69, 9.17) is 4.74 Å². The zero-order valence-electron chi connectivity index (χ0n) is 16.3. The van der Waals surface area contributed by atoms with Crippen molar-refractivity contribution < 1.29 is 9.53 Å². The number of carbonyl (C=O) groups excluding carboxylic acids is 1. The first-order valence-electron chi connectivity index (χ1n) is 9.20. The molecular weight excluding hydrogens is 300 g/mol. The van der Waals surface area contributed by atoms with Gasteiger partial charge in [0, 0.05) is 0 Å². The van der Waals surface area contributed by atoms with Gasteiger partial charge in [-0.25, -0.2) is 0 Å². The molecule has 0 aromatic carbocycles. The van der Waals surface area contributed by atoms with Crippen LogP contribution in [0.5, 0.6) is 0 Å². The van der Waals surface area contributed by atoms with Crippen molar-refractivity contribution in [3.63, 3.8) is 0 Å². The second-order valence-corrected chi connectivity index (χ2v) is 12.6. The van der Waals surface area contributed by atoms with Crippen molar-refractivity contribution in [2.45, 2.75) is 84.5 Å². The lowest BCUT2D eigenvalue weighted by Crippen LogP contribution is -2.49. The van der Waals surface area contributed by atoms with E-state index in [1.54, 1.807) is 0 Å². The Morgan fingerprint density at radius 2 is 1.74 bits per heavy atom. The summed E-state index contributed by atoms with van der Waals surface area (Å²) in [6.45, 7) is 21.4. The van der Waals surface area contributed by atoms with Gasteiger partial charge in [-0.3, -0.25) is 4.79 Å². The van der Waals surface area contributed by atoms with Crippen LogP contribution in [0.3, 0.4) is 0 Å². The molecule has 2 atom stereocenters. The van der Waals surface area contributed by atoms with Crippen LogP contribution in [-0.2, 0) is 9.53 Å². The molecule has 0 aromatic rings. The summed E-state index contributed by atoms with van der Waals surface area (Å²) in [4.78, 5) is 12.9. The van der Waals surface area contributed by atoms with E-state index in [0.29, 0.717) is 18.6 Å². The Labute approximate surface area is 145 Å². The van der Waals surface area contributed by atoms with Gasteiger partial charge >= 0.3 is 5.97 Å². The van der Waals surface area contributed by atoms with Gasteiger partial charge in [0.05, 0.1) is 20.1 Å². The molecular formula is C20H38O2Si. The molecule has 2 nitrogen and oxygen atoms in total. The fraction of sp³-hybridized carbons (Fsp3) is 0.750. The van der Waals surface area contributed by atoms with Crippen molar-refractivity contribution in [1.82, 2.24) is 0 Å². The van der Waals surface area contributed by atoms with Gasteiger partial charge in [0.15, 0.2) is 0 Å². The van der Waals surface area contributed by atoms with Gasteiger partial charge in [0.25, 0.3) is 0 Å². The quantitative estimate of drug-likeness (QED) is 0.235. The van der Waals surface area contributed by atoms with Gasteiger partial charge in [-0.1, -0.05) is 50.6 Å². The van der Waals surface area contributed by atoms with Gasteiger partial charge < -0.3 is 4.74 Å². The smallest absolute Gasteiger partial charge is 0.312 e. The monoisotopic (exact) mass is 338 g/mol. The minimum absolute atomic E-state index is 0.0427. The Kier molecular flexibility index (Phi) is 9.75. The molecule has 0 spiro atoms. The molecule has 0 N–H and O–H groups in total. The van der Waals surface area contributed by atoms with Crippen LogP contribution in [0.1, 0.15) is 60.8 Å². The molecule has 0 rings (SSSR count). The summed E-state index contributed by atoms with van der Waals surface area (Å²) in [5, 5.41) is 0. The van der Waals surface area contributed by atoms with Crippen molar-refractivity contribution in [2.75, 3.05) is 6.61 Å². The standard InChI is InChI=1S/C20H38O2Si/c1-9-16-20(8,19(21)22-10-2)18(15-14-17(6)7)23(11-3,12-4)13-5/h9,18H,1,6,10-16H2,2-5,7-8H3. The normalized spacial score (nSPS) is 15.6. The second-order valence-electron chi connectivity index (χ2n) is 7.10. The van der Waals surface area contributed by atoms with Gasteiger partial charge in [-0.15, -0.1) is 13.2 Å². The van der Waals surface area contributed by atoms with Crippen LogP contribution in [-0.4, -0.2) is 20.7 Å². The summed E-state index contributed by atoms with van der Waals surface area (Å²) in [6, 6.07) is 3.65. The minimum atomic E-state index is -1.57. The fourth-order valence-electron chi connectivity index (χ4n) is 4.14. The second kappa shape index (κ2) is 10.1. The lowest BCUT2D eigenvalue weighted by molar-refractivity contribution is -0.154. The molecule has 3 heteroatoms. The van der Waals surface area contributed by atoms with E-state index >= 15 is 0 Å². The Hall–Kier alpha value is -0.833. The summed E-state index contributed by atoms with van der Waals surface area (Å²) in [5.41, 5.74) is 1.15. The van der Waals surface area contributed by atoms with Gasteiger partial charge in [0.2, 0.25) is 0 Å². The first-order chi connectivity index (χ1) is 10.8. The van der Waals surface area contributed by atoms with Crippen LogP contribution in [0.2, 0.25) is 23.7 Å². The van der Waals surface area contributed by atoms with E-state index in [1.807, 2.05) is 13.0 Å². The Morgan fingerprint density at radius 3 is 2.09 bits per heavy atom. The highest BCUT2D eigenvalue weighted by Crippen LogP contribution is 2.51. The maximum Gasteiger partial charge on any atom is 0.312 e. The first-order valence-corrected chi connectivity index (χ1v) is 11.9. The third-order valence-corrected chi connectivity index (χ3v) is 12.4. The molecule has 2 unspecified atom stereocenters. The van der Waals surface area contributed by atoms with Gasteiger partial charge in [-0.2, -0.15) is 0 Å². The number of hydrogen-bond donors (Lipinski definition) is 0. The van der Waals surface area contributed by atoms with Gasteiger partial charge in [-0.05, 0) is 45.6 Å². The molecule has 0 fully saturated rings. The number of hydrogen-bond acceptors (Lipinski definition) is 2. The highest BCUT2D eigenvalue weighted by Gasteiger charge is 2.50. The highest BCUT2D eigenvalue weighted by molar-refractivity contribution is 6.81. The molecule has 0 saturated heterocycles. The summed E-state index contributed by atoms with van der Waals surface area (Å²) in [5.74, 6) is -0.0427. The van der Waals surface area contributed by atoms with Crippen LogP contribution in [0.25, 0.3) is 0 Å². The van der Waals surface area contributed by atoms with Crippen LogP contribution in [0, 0.1) is 5.41 Å². The van der Waals surface area contributed by atoms with E-state index < -0.39 is 13.5 Å². The predicted molar refractivity (Wildman–Crippen MR) is 105 cm³/mol. The predicted octanol–water partition coefficient (Wildman–Crippen LogP) is 6.37. The Morgan fingerprint density at radius 1 is 1.22 bits per heavy atom.